The van der Waals surface area contributed by atoms with Gasteiger partial charge in [-0.25, -0.2) is 4.98 Å². The summed E-state index contributed by atoms with van der Waals surface area (Å²) >= 11 is 5.16. The van der Waals surface area contributed by atoms with Gasteiger partial charge in [0.25, 0.3) is 0 Å². The smallest absolute Gasteiger partial charge is 0.109 e. The molecule has 2 atom stereocenters. The first-order valence-corrected chi connectivity index (χ1v) is 7.72. The Hall–Kier alpha value is -0.710. The summed E-state index contributed by atoms with van der Waals surface area (Å²) in [5.74, 6) is 0. The van der Waals surface area contributed by atoms with Gasteiger partial charge in [0.1, 0.15) is 5.01 Å². The highest BCUT2D eigenvalue weighted by Gasteiger charge is 2.11. The first-order chi connectivity index (χ1) is 8.65. The molecule has 0 amide bonds. The fourth-order valence-electron chi connectivity index (χ4n) is 1.98. The van der Waals surface area contributed by atoms with Crippen molar-refractivity contribution in [3.8, 4) is 0 Å². The third-order valence-electron chi connectivity index (χ3n) is 2.81. The van der Waals surface area contributed by atoms with Crippen LogP contribution in [0.2, 0.25) is 0 Å². The summed E-state index contributed by atoms with van der Waals surface area (Å²) in [5.41, 5.74) is 1.35. The molecule has 0 saturated carbocycles. The fourth-order valence-corrected chi connectivity index (χ4v) is 2.90. The molecule has 0 aliphatic carbocycles. The van der Waals surface area contributed by atoms with E-state index in [0.717, 1.165) is 15.9 Å². The van der Waals surface area contributed by atoms with Gasteiger partial charge in [-0.1, -0.05) is 28.1 Å². The molecule has 1 N–H and O–H groups in total. The second-order valence-electron chi connectivity index (χ2n) is 4.49. The van der Waals surface area contributed by atoms with Crippen LogP contribution >= 0.6 is 27.3 Å². The normalized spacial score (nSPS) is 14.4. The van der Waals surface area contributed by atoms with E-state index < -0.39 is 0 Å². The lowest BCUT2D eigenvalue weighted by atomic mass is 10.1. The Balaban J connectivity index is 1.88. The van der Waals surface area contributed by atoms with Crippen LogP contribution in [-0.2, 0) is 6.42 Å². The summed E-state index contributed by atoms with van der Waals surface area (Å²) in [5, 5.41) is 6.75. The molecule has 1 aromatic carbocycles. The molecule has 0 unspecified atom stereocenters. The van der Waals surface area contributed by atoms with Crippen molar-refractivity contribution >= 4 is 27.3 Å². The van der Waals surface area contributed by atoms with E-state index in [-0.39, 0.29) is 0 Å². The Kier molecular flexibility index (Phi) is 4.92. The largest absolute Gasteiger partial charge is 0.305 e. The molecule has 0 saturated heterocycles. The van der Waals surface area contributed by atoms with Gasteiger partial charge in [0.2, 0.25) is 0 Å². The van der Waals surface area contributed by atoms with Gasteiger partial charge in [-0.15, -0.1) is 11.3 Å². The Morgan fingerprint density at radius 1 is 1.28 bits per heavy atom. The van der Waals surface area contributed by atoms with Crippen LogP contribution < -0.4 is 5.32 Å². The van der Waals surface area contributed by atoms with Gasteiger partial charge < -0.3 is 5.32 Å². The lowest BCUT2D eigenvalue weighted by Gasteiger charge is -2.18. The van der Waals surface area contributed by atoms with E-state index in [0.29, 0.717) is 12.1 Å². The number of hydrogen-bond donors (Lipinski definition) is 1. The molecule has 1 heterocycles. The summed E-state index contributed by atoms with van der Waals surface area (Å²) in [6.07, 6.45) is 2.89. The molecular weight excluding hydrogens is 308 g/mol. The summed E-state index contributed by atoms with van der Waals surface area (Å²) in [7, 11) is 0. The van der Waals surface area contributed by atoms with E-state index >= 15 is 0 Å². The van der Waals surface area contributed by atoms with Crippen molar-refractivity contribution < 1.29 is 0 Å². The van der Waals surface area contributed by atoms with Crippen LogP contribution in [0.3, 0.4) is 0 Å². The molecule has 0 bridgehead atoms. The van der Waals surface area contributed by atoms with Gasteiger partial charge >= 0.3 is 0 Å². The van der Waals surface area contributed by atoms with Gasteiger partial charge in [0.15, 0.2) is 0 Å². The van der Waals surface area contributed by atoms with Crippen LogP contribution in [0.25, 0.3) is 0 Å². The molecule has 4 heteroatoms. The second kappa shape index (κ2) is 6.45. The van der Waals surface area contributed by atoms with Crippen molar-refractivity contribution in [3.63, 3.8) is 0 Å². The second-order valence-corrected chi connectivity index (χ2v) is 6.33. The lowest BCUT2D eigenvalue weighted by molar-refractivity contribution is 0.476. The maximum Gasteiger partial charge on any atom is 0.109 e. The highest BCUT2D eigenvalue weighted by Crippen LogP contribution is 2.17. The van der Waals surface area contributed by atoms with Crippen LogP contribution in [0, 0.1) is 0 Å². The van der Waals surface area contributed by atoms with E-state index in [1.165, 1.54) is 5.56 Å². The average molecular weight is 325 g/mol. The summed E-state index contributed by atoms with van der Waals surface area (Å²) in [6.45, 7) is 4.38. The first-order valence-electron chi connectivity index (χ1n) is 6.05. The third kappa shape index (κ3) is 3.90. The van der Waals surface area contributed by atoms with Gasteiger partial charge in [-0.05, 0) is 38.0 Å². The Morgan fingerprint density at radius 2 is 2.00 bits per heavy atom. The van der Waals surface area contributed by atoms with Crippen LogP contribution in [-0.4, -0.2) is 11.0 Å². The van der Waals surface area contributed by atoms with E-state index in [4.69, 9.17) is 0 Å². The molecule has 0 spiro atoms. The van der Waals surface area contributed by atoms with Crippen molar-refractivity contribution in [2.75, 3.05) is 0 Å². The van der Waals surface area contributed by atoms with Gasteiger partial charge in [-0.3, -0.25) is 0 Å². The fraction of sp³-hybridized carbons (Fsp3) is 0.357. The van der Waals surface area contributed by atoms with Crippen molar-refractivity contribution in [2.45, 2.75) is 32.4 Å². The molecule has 96 valence electrons. The zero-order chi connectivity index (χ0) is 13.0. The highest BCUT2D eigenvalue weighted by molar-refractivity contribution is 9.10. The molecular formula is C14H17BrN2S. The average Bonchev–Trinajstić information content (AvgIpc) is 2.85. The molecule has 2 aromatic rings. The zero-order valence-corrected chi connectivity index (χ0v) is 13.0. The number of rotatable bonds is 5. The molecule has 0 fully saturated rings. The molecule has 2 nitrogen and oxygen atoms in total. The molecule has 18 heavy (non-hydrogen) atoms. The standard InChI is InChI=1S/C14H17BrN2S/c1-10(9-12-3-5-13(15)6-4-12)17-11(2)14-16-7-8-18-14/h3-8,10-11,17H,9H2,1-2H3/t10-,11+/m1/s1. The minimum absolute atomic E-state index is 0.315. The lowest BCUT2D eigenvalue weighted by Crippen LogP contribution is -2.30. The third-order valence-corrected chi connectivity index (χ3v) is 4.30. The molecule has 0 aliphatic rings. The number of nitrogens with zero attached hydrogens (tertiary/aromatic N) is 1. The Morgan fingerprint density at radius 3 is 2.61 bits per heavy atom. The number of nitrogens with one attached hydrogen (secondary N) is 1. The minimum atomic E-state index is 0.315. The predicted octanol–water partition coefficient (Wildman–Crippen LogP) is 4.19. The predicted molar refractivity (Wildman–Crippen MR) is 81.0 cm³/mol. The van der Waals surface area contributed by atoms with Crippen molar-refractivity contribution in [2.24, 2.45) is 0 Å². The number of halogens is 1. The highest BCUT2D eigenvalue weighted by atomic mass is 79.9. The number of aromatic nitrogens is 1. The molecule has 2 rings (SSSR count). The minimum Gasteiger partial charge on any atom is -0.305 e. The van der Waals surface area contributed by atoms with Crippen molar-refractivity contribution in [1.82, 2.24) is 10.3 Å². The Bertz CT molecular complexity index is 467. The van der Waals surface area contributed by atoms with Crippen LogP contribution in [0.5, 0.6) is 0 Å². The van der Waals surface area contributed by atoms with Crippen molar-refractivity contribution in [1.29, 1.82) is 0 Å². The van der Waals surface area contributed by atoms with E-state index in [2.05, 4.69) is 64.3 Å². The summed E-state index contributed by atoms with van der Waals surface area (Å²) in [6, 6.07) is 9.26. The summed E-state index contributed by atoms with van der Waals surface area (Å²) in [4.78, 5) is 4.34. The zero-order valence-electron chi connectivity index (χ0n) is 10.6. The molecule has 1 aromatic heterocycles. The number of benzene rings is 1. The Labute approximate surface area is 121 Å². The van der Waals surface area contributed by atoms with Crippen LogP contribution in [0.4, 0.5) is 0 Å². The topological polar surface area (TPSA) is 24.9 Å². The van der Waals surface area contributed by atoms with E-state index in [9.17, 15) is 0 Å². The quantitative estimate of drug-likeness (QED) is 0.892. The maximum atomic E-state index is 4.34. The maximum absolute atomic E-state index is 4.34. The summed E-state index contributed by atoms with van der Waals surface area (Å²) < 4.78 is 1.13. The molecule has 0 aliphatic heterocycles. The van der Waals surface area contributed by atoms with Crippen LogP contribution in [0.15, 0.2) is 40.3 Å². The van der Waals surface area contributed by atoms with E-state index in [1.807, 2.05) is 11.6 Å². The van der Waals surface area contributed by atoms with Gasteiger partial charge in [-0.2, -0.15) is 0 Å². The number of thiazole rings is 1. The van der Waals surface area contributed by atoms with Gasteiger partial charge in [0, 0.05) is 22.1 Å². The van der Waals surface area contributed by atoms with Crippen LogP contribution in [0.1, 0.15) is 30.5 Å². The monoisotopic (exact) mass is 324 g/mol. The molecule has 0 radical (unpaired) electrons. The SMILES string of the molecule is C[C@H](Cc1ccc(Br)cc1)N[C@@H](C)c1nccs1. The number of hydrogen-bond acceptors (Lipinski definition) is 3. The first kappa shape index (κ1) is 13.7. The van der Waals surface area contributed by atoms with Gasteiger partial charge in [0.05, 0.1) is 6.04 Å². The van der Waals surface area contributed by atoms with E-state index in [1.54, 1.807) is 11.3 Å². The van der Waals surface area contributed by atoms with Crippen molar-refractivity contribution in [3.05, 3.63) is 50.9 Å².